The van der Waals surface area contributed by atoms with Crippen LogP contribution in [0.1, 0.15) is 27.2 Å². The maximum atomic E-state index is 11.5. The van der Waals surface area contributed by atoms with Gasteiger partial charge in [0.15, 0.2) is 0 Å². The van der Waals surface area contributed by atoms with Gasteiger partial charge in [-0.25, -0.2) is 8.42 Å². The van der Waals surface area contributed by atoms with Crippen molar-refractivity contribution in [3.8, 4) is 0 Å². The molecule has 0 spiro atoms. The van der Waals surface area contributed by atoms with E-state index in [-0.39, 0.29) is 12.2 Å². The molecule has 1 N–H and O–H groups in total. The molecule has 6 heteroatoms. The van der Waals surface area contributed by atoms with Crippen molar-refractivity contribution in [1.82, 2.24) is 4.31 Å². The zero-order chi connectivity index (χ0) is 11.6. The van der Waals surface area contributed by atoms with Gasteiger partial charge in [-0.3, -0.25) is 4.79 Å². The summed E-state index contributed by atoms with van der Waals surface area (Å²) in [4.78, 5) is 10.2. The number of hydrogen-bond acceptors (Lipinski definition) is 3. The van der Waals surface area contributed by atoms with Crippen molar-refractivity contribution in [1.29, 1.82) is 0 Å². The molecule has 14 heavy (non-hydrogen) atoms. The molecule has 0 aromatic heterocycles. The molecular weight excluding hydrogens is 206 g/mol. The number of carboxylic acids is 1. The summed E-state index contributed by atoms with van der Waals surface area (Å²) in [6.07, 6.45) is -0.358. The normalized spacial score (nSPS) is 13.2. The molecule has 0 unspecified atom stereocenters. The van der Waals surface area contributed by atoms with Crippen molar-refractivity contribution < 1.29 is 18.3 Å². The zero-order valence-electron chi connectivity index (χ0n) is 8.94. The van der Waals surface area contributed by atoms with Crippen LogP contribution in [0, 0.1) is 0 Å². The van der Waals surface area contributed by atoms with Crippen molar-refractivity contribution in [2.24, 2.45) is 0 Å². The van der Waals surface area contributed by atoms with Gasteiger partial charge in [0.2, 0.25) is 10.0 Å². The van der Waals surface area contributed by atoms with Crippen LogP contribution in [0.5, 0.6) is 0 Å². The van der Waals surface area contributed by atoms with Crippen molar-refractivity contribution in [3.63, 3.8) is 0 Å². The van der Waals surface area contributed by atoms with Crippen LogP contribution in [0.2, 0.25) is 0 Å². The van der Waals surface area contributed by atoms with Gasteiger partial charge in [-0.2, -0.15) is 4.31 Å². The average Bonchev–Trinajstić information content (AvgIpc) is 1.98. The van der Waals surface area contributed by atoms with Crippen LogP contribution in [-0.2, 0) is 14.8 Å². The van der Waals surface area contributed by atoms with Crippen molar-refractivity contribution >= 4 is 16.0 Å². The second-order valence-electron chi connectivity index (χ2n) is 4.10. The van der Waals surface area contributed by atoms with E-state index < -0.39 is 21.5 Å². The predicted molar refractivity (Wildman–Crippen MR) is 53.6 cm³/mol. The van der Waals surface area contributed by atoms with Crippen LogP contribution in [0.3, 0.4) is 0 Å². The Morgan fingerprint density at radius 1 is 1.36 bits per heavy atom. The smallest absolute Gasteiger partial charge is 0.304 e. The lowest BCUT2D eigenvalue weighted by Gasteiger charge is -2.30. The number of carboxylic acid groups (broad SMARTS) is 1. The van der Waals surface area contributed by atoms with Gasteiger partial charge >= 0.3 is 5.97 Å². The van der Waals surface area contributed by atoms with Crippen LogP contribution in [0.4, 0.5) is 0 Å². The first kappa shape index (κ1) is 13.4. The molecule has 0 saturated heterocycles. The summed E-state index contributed by atoms with van der Waals surface area (Å²) in [7, 11) is -2.01. The molecule has 5 nitrogen and oxygen atoms in total. The first-order valence-electron chi connectivity index (χ1n) is 4.26. The van der Waals surface area contributed by atoms with Gasteiger partial charge in [-0.1, -0.05) is 0 Å². The van der Waals surface area contributed by atoms with Gasteiger partial charge in [-0.15, -0.1) is 0 Å². The Morgan fingerprint density at radius 3 is 2.07 bits per heavy atom. The molecule has 0 heterocycles. The van der Waals surface area contributed by atoms with Crippen LogP contribution in [0.25, 0.3) is 0 Å². The summed E-state index contributed by atoms with van der Waals surface area (Å²) >= 11 is 0. The monoisotopic (exact) mass is 223 g/mol. The van der Waals surface area contributed by atoms with Gasteiger partial charge in [0.25, 0.3) is 0 Å². The molecule has 0 saturated carbocycles. The van der Waals surface area contributed by atoms with Crippen LogP contribution in [0.15, 0.2) is 0 Å². The Hall–Kier alpha value is -0.620. The quantitative estimate of drug-likeness (QED) is 0.754. The molecule has 84 valence electrons. The first-order valence-corrected chi connectivity index (χ1v) is 5.87. The highest BCUT2D eigenvalue weighted by Gasteiger charge is 2.28. The Bertz CT molecular complexity index is 302. The van der Waals surface area contributed by atoms with E-state index >= 15 is 0 Å². The van der Waals surface area contributed by atoms with Gasteiger partial charge in [-0.05, 0) is 20.8 Å². The van der Waals surface area contributed by atoms with Gasteiger partial charge in [0.1, 0.15) is 0 Å². The van der Waals surface area contributed by atoms with Crippen molar-refractivity contribution in [2.45, 2.75) is 32.7 Å². The lowest BCUT2D eigenvalue weighted by atomic mass is 10.1. The average molecular weight is 223 g/mol. The largest absolute Gasteiger partial charge is 0.481 e. The van der Waals surface area contributed by atoms with Gasteiger partial charge in [0.05, 0.1) is 12.2 Å². The number of aliphatic carboxylic acids is 1. The van der Waals surface area contributed by atoms with E-state index in [1.165, 1.54) is 11.4 Å². The molecule has 0 bridgehead atoms. The fourth-order valence-corrected chi connectivity index (χ4v) is 2.31. The highest BCUT2D eigenvalue weighted by atomic mass is 32.2. The van der Waals surface area contributed by atoms with E-state index in [4.69, 9.17) is 5.11 Å². The topological polar surface area (TPSA) is 74.7 Å². The van der Waals surface area contributed by atoms with E-state index in [0.29, 0.717) is 0 Å². The number of sulfonamides is 1. The summed E-state index contributed by atoms with van der Waals surface area (Å²) in [5.74, 6) is -1.45. The minimum absolute atomic E-state index is 0.351. The summed E-state index contributed by atoms with van der Waals surface area (Å²) in [6, 6.07) is 0. The van der Waals surface area contributed by atoms with E-state index in [9.17, 15) is 13.2 Å². The molecule has 0 amide bonds. The number of nitrogens with zero attached hydrogens (tertiary/aromatic N) is 1. The standard InChI is InChI=1S/C8H17NO4S/c1-8(2,3)9(4)14(12,13)6-5-7(10)11/h5-6H2,1-4H3,(H,10,11). The van der Waals surface area contributed by atoms with E-state index in [1.54, 1.807) is 20.8 Å². The second kappa shape index (κ2) is 4.27. The fraction of sp³-hybridized carbons (Fsp3) is 0.875. The third-order valence-electron chi connectivity index (χ3n) is 1.94. The zero-order valence-corrected chi connectivity index (χ0v) is 9.76. The minimum atomic E-state index is -3.46. The summed E-state index contributed by atoms with van der Waals surface area (Å²) in [6.45, 7) is 5.27. The number of hydrogen-bond donors (Lipinski definition) is 1. The molecule has 0 aliphatic heterocycles. The third kappa shape index (κ3) is 4.06. The van der Waals surface area contributed by atoms with E-state index in [1.807, 2.05) is 0 Å². The van der Waals surface area contributed by atoms with Crippen LogP contribution >= 0.6 is 0 Å². The maximum absolute atomic E-state index is 11.5. The molecule has 0 rings (SSSR count). The highest BCUT2D eigenvalue weighted by Crippen LogP contribution is 2.15. The fourth-order valence-electron chi connectivity index (χ4n) is 0.770. The predicted octanol–water partition coefficient (Wildman–Crippen LogP) is 0.521. The molecule has 0 fully saturated rings. The molecule has 0 aromatic rings. The summed E-state index contributed by atoms with van der Waals surface area (Å²) in [5, 5.41) is 8.38. The molecular formula is C8H17NO4S. The molecule has 0 aromatic carbocycles. The summed E-state index contributed by atoms with van der Waals surface area (Å²) < 4.78 is 24.3. The Labute approximate surface area is 84.8 Å². The molecule has 0 atom stereocenters. The number of carbonyl (C=O) groups is 1. The van der Waals surface area contributed by atoms with Crippen LogP contribution in [-0.4, -0.2) is 42.1 Å². The molecule has 0 aliphatic carbocycles. The summed E-state index contributed by atoms with van der Waals surface area (Å²) in [5.41, 5.74) is -0.517. The van der Waals surface area contributed by atoms with Crippen molar-refractivity contribution in [2.75, 3.05) is 12.8 Å². The van der Waals surface area contributed by atoms with E-state index in [2.05, 4.69) is 0 Å². The first-order chi connectivity index (χ1) is 6.07. The molecule has 0 aliphatic rings. The van der Waals surface area contributed by atoms with E-state index in [0.717, 1.165) is 0 Å². The molecule has 0 radical (unpaired) electrons. The van der Waals surface area contributed by atoms with Gasteiger partial charge < -0.3 is 5.11 Å². The Balaban J connectivity index is 4.56. The van der Waals surface area contributed by atoms with Crippen molar-refractivity contribution in [3.05, 3.63) is 0 Å². The lowest BCUT2D eigenvalue weighted by Crippen LogP contribution is -2.43. The highest BCUT2D eigenvalue weighted by molar-refractivity contribution is 7.89. The number of rotatable bonds is 4. The minimum Gasteiger partial charge on any atom is -0.481 e. The maximum Gasteiger partial charge on any atom is 0.304 e. The lowest BCUT2D eigenvalue weighted by molar-refractivity contribution is -0.136. The van der Waals surface area contributed by atoms with Crippen LogP contribution < -0.4 is 0 Å². The Morgan fingerprint density at radius 2 is 1.79 bits per heavy atom. The van der Waals surface area contributed by atoms with Gasteiger partial charge in [0, 0.05) is 12.6 Å². The third-order valence-corrected chi connectivity index (χ3v) is 4.04. The Kier molecular flexibility index (Phi) is 4.08. The SMILES string of the molecule is CN(C(C)(C)C)S(=O)(=O)CCC(=O)O. The second-order valence-corrected chi connectivity index (χ2v) is 6.22.